The Morgan fingerprint density at radius 3 is 2.49 bits per heavy atom. The van der Waals surface area contributed by atoms with E-state index in [0.717, 1.165) is 10.4 Å². The van der Waals surface area contributed by atoms with Crippen LogP contribution in [0.5, 0.6) is 5.75 Å². The third-order valence-corrected chi connectivity index (χ3v) is 7.68. The number of hydrogen-bond donors (Lipinski definition) is 1. The molecule has 1 saturated heterocycles. The summed E-state index contributed by atoms with van der Waals surface area (Å²) in [5, 5.41) is 11.3. The normalized spacial score (nSPS) is 13.8. The molecule has 3 aromatic heterocycles. The fourth-order valence-corrected chi connectivity index (χ4v) is 5.32. The van der Waals surface area contributed by atoms with Gasteiger partial charge in [-0.2, -0.15) is 0 Å². The number of anilines is 2. The van der Waals surface area contributed by atoms with Crippen LogP contribution in [0.1, 0.15) is 35.8 Å². The Morgan fingerprint density at radius 2 is 1.86 bits per heavy atom. The molecule has 1 N–H and O–H groups in total. The van der Waals surface area contributed by atoms with Gasteiger partial charge in [-0.3, -0.25) is 14.1 Å². The summed E-state index contributed by atoms with van der Waals surface area (Å²) in [5.41, 5.74) is 3.48. The van der Waals surface area contributed by atoms with Crippen molar-refractivity contribution in [2.24, 2.45) is 0 Å². The molecule has 10 heteroatoms. The van der Waals surface area contributed by atoms with Crippen LogP contribution in [0.2, 0.25) is 0 Å². The monoisotopic (exact) mass is 518 g/mol. The van der Waals surface area contributed by atoms with Gasteiger partial charge in [0.15, 0.2) is 5.65 Å². The molecule has 2 amide bonds. The molecule has 4 aromatic rings. The van der Waals surface area contributed by atoms with Gasteiger partial charge >= 0.3 is 11.6 Å². The van der Waals surface area contributed by atoms with E-state index in [9.17, 15) is 14.7 Å². The van der Waals surface area contributed by atoms with Gasteiger partial charge in [-0.05, 0) is 23.1 Å². The van der Waals surface area contributed by atoms with Gasteiger partial charge in [0.05, 0.1) is 11.4 Å². The Labute approximate surface area is 219 Å². The minimum atomic E-state index is -0.606. The molecule has 37 heavy (non-hydrogen) atoms. The van der Waals surface area contributed by atoms with Crippen LogP contribution in [0.15, 0.2) is 47.5 Å². The van der Waals surface area contributed by atoms with Crippen LogP contribution in [-0.2, 0) is 6.42 Å². The van der Waals surface area contributed by atoms with Gasteiger partial charge in [0, 0.05) is 57.9 Å². The van der Waals surface area contributed by atoms with Crippen molar-refractivity contribution < 1.29 is 9.90 Å². The van der Waals surface area contributed by atoms with E-state index >= 15 is 0 Å². The van der Waals surface area contributed by atoms with Gasteiger partial charge in [0.25, 0.3) is 0 Å². The number of likely N-dealkylation sites (N-methyl/N-ethyl adjacent to an activating group) is 1. The first-order chi connectivity index (χ1) is 17.6. The van der Waals surface area contributed by atoms with E-state index in [2.05, 4.69) is 43.1 Å². The van der Waals surface area contributed by atoms with Crippen molar-refractivity contribution in [2.45, 2.75) is 26.2 Å². The highest BCUT2D eigenvalue weighted by molar-refractivity contribution is 7.15. The van der Waals surface area contributed by atoms with Crippen LogP contribution in [-0.4, -0.2) is 64.6 Å². The minimum Gasteiger partial charge on any atom is -0.501 e. The number of nitrogens with zero attached hydrogens (tertiary/aromatic N) is 6. The second-order valence-electron chi connectivity index (χ2n) is 9.85. The number of aromatic hydroxyl groups is 1. The Balaban J connectivity index is 1.58. The number of pyridine rings is 1. The van der Waals surface area contributed by atoms with Crippen molar-refractivity contribution >= 4 is 34.4 Å². The first-order valence-corrected chi connectivity index (χ1v) is 13.0. The van der Waals surface area contributed by atoms with Crippen LogP contribution in [0.3, 0.4) is 0 Å². The summed E-state index contributed by atoms with van der Waals surface area (Å²) in [6.45, 7) is 5.38. The van der Waals surface area contributed by atoms with Crippen molar-refractivity contribution in [3.8, 4) is 16.5 Å². The van der Waals surface area contributed by atoms with E-state index in [0.29, 0.717) is 47.5 Å². The number of carbonyl (C=O) groups excluding carboxylic acids is 1. The molecular weight excluding hydrogens is 488 g/mol. The SMILES string of the molecule is CC(C)c1ccc(Cc2cnc(-c3nc4c(N5CCN(C)C5=O)cc(N(C)C)cn4c(=O)c3O)s2)cc1. The lowest BCUT2D eigenvalue weighted by atomic mass is 10.0. The summed E-state index contributed by atoms with van der Waals surface area (Å²) in [6.07, 6.45) is 4.07. The largest absolute Gasteiger partial charge is 0.501 e. The second-order valence-corrected chi connectivity index (χ2v) is 11.0. The standard InChI is InChI=1S/C27H30N6O3S/c1-16(2)18-8-6-17(7-9-18)12-20-14-28-25(37-20)22-23(34)26(35)33-15-19(30(3)4)13-21(24(33)29-22)32-11-10-31(5)27(32)36/h6-9,13-16,34H,10-12H2,1-5H3. The third-order valence-electron chi connectivity index (χ3n) is 6.67. The maximum absolute atomic E-state index is 13.3. The van der Waals surface area contributed by atoms with Crippen molar-refractivity contribution in [2.75, 3.05) is 44.0 Å². The zero-order valence-electron chi connectivity index (χ0n) is 21.6. The van der Waals surface area contributed by atoms with Gasteiger partial charge in [0.2, 0.25) is 5.75 Å². The van der Waals surface area contributed by atoms with Crippen LogP contribution >= 0.6 is 11.3 Å². The number of aromatic nitrogens is 3. The maximum atomic E-state index is 13.3. The number of hydrogen-bond acceptors (Lipinski definition) is 7. The molecule has 0 radical (unpaired) electrons. The van der Waals surface area contributed by atoms with Gasteiger partial charge in [-0.15, -0.1) is 11.3 Å². The van der Waals surface area contributed by atoms with E-state index in [4.69, 9.17) is 4.98 Å². The van der Waals surface area contributed by atoms with E-state index in [1.165, 1.54) is 21.3 Å². The van der Waals surface area contributed by atoms with Gasteiger partial charge < -0.3 is 14.9 Å². The summed E-state index contributed by atoms with van der Waals surface area (Å²) >= 11 is 1.39. The number of thiazole rings is 1. The molecule has 1 aliphatic heterocycles. The summed E-state index contributed by atoms with van der Waals surface area (Å²) < 4.78 is 1.31. The highest BCUT2D eigenvalue weighted by Crippen LogP contribution is 2.34. The van der Waals surface area contributed by atoms with E-state index in [1.54, 1.807) is 29.2 Å². The third kappa shape index (κ3) is 4.53. The number of rotatable bonds is 6. The number of benzene rings is 1. The molecule has 1 fully saturated rings. The zero-order chi connectivity index (χ0) is 26.4. The van der Waals surface area contributed by atoms with Gasteiger partial charge in [-0.25, -0.2) is 14.8 Å². The lowest BCUT2D eigenvalue weighted by Gasteiger charge is -2.22. The predicted molar refractivity (Wildman–Crippen MR) is 147 cm³/mol. The van der Waals surface area contributed by atoms with Crippen LogP contribution in [0, 0.1) is 0 Å². The summed E-state index contributed by atoms with van der Waals surface area (Å²) in [4.78, 5) is 41.4. The molecule has 1 aliphatic rings. The Bertz CT molecular complexity index is 1540. The minimum absolute atomic E-state index is 0.121. The summed E-state index contributed by atoms with van der Waals surface area (Å²) in [5.74, 6) is 0.00604. The smallest absolute Gasteiger partial charge is 0.324 e. The topological polar surface area (TPSA) is 94.3 Å². The average molecular weight is 519 g/mol. The van der Waals surface area contributed by atoms with Crippen molar-refractivity contribution in [1.29, 1.82) is 0 Å². The molecule has 0 saturated carbocycles. The molecule has 0 aliphatic carbocycles. The predicted octanol–water partition coefficient (Wildman–Crippen LogP) is 4.18. The van der Waals surface area contributed by atoms with Crippen molar-refractivity contribution in [3.05, 3.63) is 69.1 Å². The lowest BCUT2D eigenvalue weighted by Crippen LogP contribution is -2.31. The Kier molecular flexibility index (Phi) is 6.36. The van der Waals surface area contributed by atoms with Crippen LogP contribution in [0.25, 0.3) is 16.3 Å². The fourth-order valence-electron chi connectivity index (χ4n) is 4.38. The molecular formula is C27H30N6O3S. The zero-order valence-corrected chi connectivity index (χ0v) is 22.4. The number of amides is 2. The molecule has 0 bridgehead atoms. The van der Waals surface area contributed by atoms with E-state index in [1.807, 2.05) is 25.1 Å². The number of fused-ring (bicyclic) bond motifs is 1. The average Bonchev–Trinajstić information content (AvgIpc) is 3.47. The molecule has 4 heterocycles. The first-order valence-electron chi connectivity index (χ1n) is 12.2. The lowest BCUT2D eigenvalue weighted by molar-refractivity contribution is 0.229. The number of carbonyl (C=O) groups is 1. The fraction of sp³-hybridized carbons (Fsp3) is 0.333. The summed E-state index contributed by atoms with van der Waals surface area (Å²) in [6, 6.07) is 10.2. The first kappa shape index (κ1) is 24.8. The molecule has 192 valence electrons. The van der Waals surface area contributed by atoms with E-state index in [-0.39, 0.29) is 11.7 Å². The van der Waals surface area contributed by atoms with Gasteiger partial charge in [0.1, 0.15) is 10.7 Å². The van der Waals surface area contributed by atoms with Crippen LogP contribution < -0.4 is 15.4 Å². The molecule has 9 nitrogen and oxygen atoms in total. The molecule has 0 unspecified atom stereocenters. The second kappa shape index (κ2) is 9.51. The van der Waals surface area contributed by atoms with Crippen molar-refractivity contribution in [1.82, 2.24) is 19.3 Å². The molecule has 5 rings (SSSR count). The highest BCUT2D eigenvalue weighted by Gasteiger charge is 2.30. The highest BCUT2D eigenvalue weighted by atomic mass is 32.1. The molecule has 1 aromatic carbocycles. The van der Waals surface area contributed by atoms with E-state index < -0.39 is 11.3 Å². The molecule has 0 atom stereocenters. The quantitative estimate of drug-likeness (QED) is 0.412. The Morgan fingerprint density at radius 1 is 1.14 bits per heavy atom. The number of urea groups is 1. The van der Waals surface area contributed by atoms with Crippen LogP contribution in [0.4, 0.5) is 16.2 Å². The maximum Gasteiger partial charge on any atom is 0.324 e. The Hall–Kier alpha value is -3.92. The molecule has 0 spiro atoms. The summed E-state index contributed by atoms with van der Waals surface area (Å²) in [7, 11) is 5.44. The van der Waals surface area contributed by atoms with Gasteiger partial charge in [-0.1, -0.05) is 38.1 Å². The van der Waals surface area contributed by atoms with Crippen molar-refractivity contribution in [3.63, 3.8) is 0 Å².